The van der Waals surface area contributed by atoms with Gasteiger partial charge in [0.25, 0.3) is 0 Å². The van der Waals surface area contributed by atoms with Gasteiger partial charge in [0, 0.05) is 36.7 Å². The van der Waals surface area contributed by atoms with Gasteiger partial charge in [0.15, 0.2) is 0 Å². The lowest BCUT2D eigenvalue weighted by Crippen LogP contribution is -2.33. The van der Waals surface area contributed by atoms with E-state index in [9.17, 15) is 5.26 Å². The molecule has 0 bridgehead atoms. The number of hydrogen-bond donors (Lipinski definition) is 1. The van der Waals surface area contributed by atoms with E-state index in [2.05, 4.69) is 36.5 Å². The number of nitriles is 1. The van der Waals surface area contributed by atoms with Crippen molar-refractivity contribution in [2.45, 2.75) is 39.4 Å². The first-order valence-electron chi connectivity index (χ1n) is 7.83. The fraction of sp³-hybridized carbons (Fsp3) is 0.333. The Bertz CT molecular complexity index is 852. The average Bonchev–Trinajstić information content (AvgIpc) is 3.14. The minimum atomic E-state index is 0.240. The van der Waals surface area contributed by atoms with Crippen LogP contribution in [0.5, 0.6) is 0 Å². The predicted molar refractivity (Wildman–Crippen MR) is 90.1 cm³/mol. The number of hydrogen-bond acceptors (Lipinski definition) is 3. The zero-order valence-electron chi connectivity index (χ0n) is 13.7. The maximum atomic E-state index is 9.46. The number of aromatic nitrogens is 3. The Morgan fingerprint density at radius 1 is 1.30 bits per heavy atom. The Hall–Kier alpha value is -2.58. The van der Waals surface area contributed by atoms with Crippen LogP contribution in [0.2, 0.25) is 0 Å². The van der Waals surface area contributed by atoms with Gasteiger partial charge >= 0.3 is 0 Å². The van der Waals surface area contributed by atoms with Crippen molar-refractivity contribution in [3.8, 4) is 6.07 Å². The highest BCUT2D eigenvalue weighted by Crippen LogP contribution is 2.18. The standard InChI is InChI=1S/C18H21N5/c1-13-9-21-23(11-13)15(3)14(2)20-10-16-12-22-7-5-4-6-18(22)17(16)8-19/h4-7,9,11-12,14-15,20H,10H2,1-3H3/t14-,15+/m0/s1. The molecule has 2 atom stereocenters. The number of aryl methyl sites for hydroxylation is 1. The van der Waals surface area contributed by atoms with Crippen molar-refractivity contribution in [2.75, 3.05) is 0 Å². The van der Waals surface area contributed by atoms with Gasteiger partial charge in [0.05, 0.1) is 23.3 Å². The van der Waals surface area contributed by atoms with E-state index in [-0.39, 0.29) is 12.1 Å². The zero-order valence-corrected chi connectivity index (χ0v) is 13.7. The molecule has 0 saturated carbocycles. The monoisotopic (exact) mass is 307 g/mol. The van der Waals surface area contributed by atoms with E-state index in [1.165, 1.54) is 0 Å². The molecular weight excluding hydrogens is 286 g/mol. The first-order valence-corrected chi connectivity index (χ1v) is 7.83. The summed E-state index contributed by atoms with van der Waals surface area (Å²) in [5.41, 5.74) is 3.88. The highest BCUT2D eigenvalue weighted by molar-refractivity contribution is 5.65. The summed E-state index contributed by atoms with van der Waals surface area (Å²) in [5.74, 6) is 0. The van der Waals surface area contributed by atoms with Crippen molar-refractivity contribution in [1.82, 2.24) is 19.5 Å². The molecule has 0 saturated heterocycles. The maximum absolute atomic E-state index is 9.46. The first-order chi connectivity index (χ1) is 11.1. The normalized spacial score (nSPS) is 13.8. The van der Waals surface area contributed by atoms with Crippen LogP contribution in [-0.2, 0) is 6.54 Å². The minimum absolute atomic E-state index is 0.240. The van der Waals surface area contributed by atoms with Gasteiger partial charge in [0.2, 0.25) is 0 Å². The van der Waals surface area contributed by atoms with Gasteiger partial charge in [-0.05, 0) is 38.5 Å². The smallest absolute Gasteiger partial charge is 0.102 e. The van der Waals surface area contributed by atoms with Crippen LogP contribution in [0.1, 0.15) is 36.6 Å². The molecule has 118 valence electrons. The second-order valence-electron chi connectivity index (χ2n) is 6.04. The third-order valence-electron chi connectivity index (χ3n) is 4.36. The van der Waals surface area contributed by atoms with Crippen LogP contribution in [0.15, 0.2) is 43.0 Å². The van der Waals surface area contributed by atoms with Crippen molar-refractivity contribution in [1.29, 1.82) is 5.26 Å². The minimum Gasteiger partial charge on any atom is -0.322 e. The van der Waals surface area contributed by atoms with Crippen LogP contribution in [0.4, 0.5) is 0 Å². The van der Waals surface area contributed by atoms with E-state index in [4.69, 9.17) is 0 Å². The van der Waals surface area contributed by atoms with Crippen molar-refractivity contribution >= 4 is 5.52 Å². The van der Waals surface area contributed by atoms with Crippen LogP contribution < -0.4 is 5.32 Å². The lowest BCUT2D eigenvalue weighted by atomic mass is 10.1. The van der Waals surface area contributed by atoms with E-state index >= 15 is 0 Å². The fourth-order valence-corrected chi connectivity index (χ4v) is 2.77. The van der Waals surface area contributed by atoms with Gasteiger partial charge in [0.1, 0.15) is 6.07 Å². The van der Waals surface area contributed by atoms with Gasteiger partial charge in [-0.2, -0.15) is 10.4 Å². The van der Waals surface area contributed by atoms with E-state index in [0.717, 1.165) is 22.2 Å². The number of fused-ring (bicyclic) bond motifs is 1. The molecule has 5 nitrogen and oxygen atoms in total. The Kier molecular flexibility index (Phi) is 4.18. The number of pyridine rings is 1. The lowest BCUT2D eigenvalue weighted by molar-refractivity contribution is 0.365. The zero-order chi connectivity index (χ0) is 16.4. The van der Waals surface area contributed by atoms with Gasteiger partial charge < -0.3 is 9.72 Å². The molecule has 0 aromatic carbocycles. The molecule has 0 radical (unpaired) electrons. The van der Waals surface area contributed by atoms with E-state index in [1.807, 2.05) is 52.8 Å². The molecule has 0 aliphatic carbocycles. The van der Waals surface area contributed by atoms with Crippen LogP contribution in [-0.4, -0.2) is 20.2 Å². The molecule has 5 heteroatoms. The number of nitrogens with zero attached hydrogens (tertiary/aromatic N) is 4. The molecule has 0 unspecified atom stereocenters. The Balaban J connectivity index is 1.74. The molecule has 23 heavy (non-hydrogen) atoms. The highest BCUT2D eigenvalue weighted by atomic mass is 15.3. The molecule has 0 fully saturated rings. The van der Waals surface area contributed by atoms with Crippen LogP contribution in [0.25, 0.3) is 5.52 Å². The van der Waals surface area contributed by atoms with Crippen molar-refractivity contribution in [3.05, 3.63) is 59.7 Å². The largest absolute Gasteiger partial charge is 0.322 e. The number of rotatable bonds is 5. The third-order valence-corrected chi connectivity index (χ3v) is 4.36. The maximum Gasteiger partial charge on any atom is 0.102 e. The first kappa shape index (κ1) is 15.3. The molecular formula is C18H21N5. The molecule has 0 aliphatic rings. The van der Waals surface area contributed by atoms with E-state index in [0.29, 0.717) is 6.54 Å². The third kappa shape index (κ3) is 2.99. The summed E-state index contributed by atoms with van der Waals surface area (Å²) in [5, 5.41) is 17.4. The van der Waals surface area contributed by atoms with E-state index < -0.39 is 0 Å². The second-order valence-corrected chi connectivity index (χ2v) is 6.04. The van der Waals surface area contributed by atoms with Crippen LogP contribution in [0.3, 0.4) is 0 Å². The Labute approximate surface area is 136 Å². The van der Waals surface area contributed by atoms with Crippen molar-refractivity contribution < 1.29 is 0 Å². The summed E-state index contributed by atoms with van der Waals surface area (Å²) in [6, 6.07) is 8.71. The summed E-state index contributed by atoms with van der Waals surface area (Å²) >= 11 is 0. The summed E-state index contributed by atoms with van der Waals surface area (Å²) in [4.78, 5) is 0. The van der Waals surface area contributed by atoms with Crippen molar-refractivity contribution in [3.63, 3.8) is 0 Å². The summed E-state index contributed by atoms with van der Waals surface area (Å²) in [6.45, 7) is 6.99. The fourth-order valence-electron chi connectivity index (χ4n) is 2.77. The molecule has 3 rings (SSSR count). The summed E-state index contributed by atoms with van der Waals surface area (Å²) in [7, 11) is 0. The summed E-state index contributed by atoms with van der Waals surface area (Å²) < 4.78 is 3.98. The Morgan fingerprint density at radius 3 is 2.83 bits per heavy atom. The van der Waals surface area contributed by atoms with E-state index in [1.54, 1.807) is 0 Å². The van der Waals surface area contributed by atoms with Gasteiger partial charge in [-0.15, -0.1) is 0 Å². The van der Waals surface area contributed by atoms with Crippen LogP contribution in [0, 0.1) is 18.3 Å². The molecule has 3 aromatic rings. The highest BCUT2D eigenvalue weighted by Gasteiger charge is 2.16. The van der Waals surface area contributed by atoms with Crippen LogP contribution >= 0.6 is 0 Å². The predicted octanol–water partition coefficient (Wildman–Crippen LogP) is 3.06. The van der Waals surface area contributed by atoms with Gasteiger partial charge in [-0.25, -0.2) is 0 Å². The average molecular weight is 307 g/mol. The SMILES string of the molecule is Cc1cnn([C@H](C)[C@H](C)NCc2cn3ccccc3c2C#N)c1. The Morgan fingerprint density at radius 2 is 2.13 bits per heavy atom. The quantitative estimate of drug-likeness (QED) is 0.788. The molecule has 3 aromatic heterocycles. The van der Waals surface area contributed by atoms with Crippen molar-refractivity contribution in [2.24, 2.45) is 0 Å². The molecule has 0 spiro atoms. The second kappa shape index (κ2) is 6.27. The lowest BCUT2D eigenvalue weighted by Gasteiger charge is -2.21. The molecule has 0 amide bonds. The topological polar surface area (TPSA) is 58.1 Å². The molecule has 3 heterocycles. The molecule has 0 aliphatic heterocycles. The summed E-state index contributed by atoms with van der Waals surface area (Å²) in [6.07, 6.45) is 7.92. The van der Waals surface area contributed by atoms with Gasteiger partial charge in [-0.1, -0.05) is 6.07 Å². The molecule has 1 N–H and O–H groups in total. The number of nitrogens with one attached hydrogen (secondary N) is 1. The van der Waals surface area contributed by atoms with Gasteiger partial charge in [-0.3, -0.25) is 4.68 Å².